The maximum Gasteiger partial charge on any atom is 0.0608 e. The summed E-state index contributed by atoms with van der Waals surface area (Å²) >= 11 is 4.25. The van der Waals surface area contributed by atoms with Gasteiger partial charge in [0, 0.05) is 12.6 Å². The average molecular weight is 227 g/mol. The topological polar surface area (TPSA) is 3.24 Å². The summed E-state index contributed by atoms with van der Waals surface area (Å²) in [5.41, 5.74) is 1.20. The Morgan fingerprint density at radius 2 is 1.87 bits per heavy atom. The Kier molecular flexibility index (Phi) is 11.1. The number of hydrogen-bond donors (Lipinski definition) is 1. The van der Waals surface area contributed by atoms with Crippen LogP contribution in [0.1, 0.15) is 34.6 Å². The van der Waals surface area contributed by atoms with Crippen molar-refractivity contribution in [3.05, 3.63) is 35.9 Å². The fourth-order valence-electron chi connectivity index (χ4n) is 1.04. The maximum atomic E-state index is 4.25. The van der Waals surface area contributed by atoms with Gasteiger partial charge in [-0.15, -0.1) is 12.6 Å². The summed E-state index contributed by atoms with van der Waals surface area (Å²) in [6.45, 7) is 18.7. The van der Waals surface area contributed by atoms with Crippen LogP contribution in [0, 0.1) is 0 Å². The third-order valence-corrected chi connectivity index (χ3v) is 2.20. The van der Waals surface area contributed by atoms with Gasteiger partial charge in [-0.05, 0) is 26.3 Å². The van der Waals surface area contributed by atoms with Crippen LogP contribution in [-0.4, -0.2) is 17.5 Å². The van der Waals surface area contributed by atoms with Crippen LogP contribution < -0.4 is 0 Å². The van der Waals surface area contributed by atoms with Crippen LogP contribution in [0.25, 0.3) is 0 Å². The molecule has 0 aliphatic carbocycles. The lowest BCUT2D eigenvalue weighted by Crippen LogP contribution is -2.29. The van der Waals surface area contributed by atoms with Crippen LogP contribution in [0.2, 0.25) is 0 Å². The molecule has 0 heterocycles. The van der Waals surface area contributed by atoms with E-state index < -0.39 is 0 Å². The molecular weight excluding hydrogens is 202 g/mol. The molecule has 0 radical (unpaired) electrons. The second kappa shape index (κ2) is 9.91. The zero-order chi connectivity index (χ0) is 12.4. The predicted molar refractivity (Wildman–Crippen MR) is 75.3 cm³/mol. The van der Waals surface area contributed by atoms with Crippen molar-refractivity contribution < 1.29 is 0 Å². The molecule has 0 N–H and O–H groups in total. The fraction of sp³-hybridized carbons (Fsp3) is 0.538. The van der Waals surface area contributed by atoms with Gasteiger partial charge in [-0.2, -0.15) is 0 Å². The lowest BCUT2D eigenvalue weighted by atomic mass is 10.2. The molecule has 0 unspecified atom stereocenters. The lowest BCUT2D eigenvalue weighted by molar-refractivity contribution is 0.331. The summed E-state index contributed by atoms with van der Waals surface area (Å²) in [7, 11) is 0. The van der Waals surface area contributed by atoms with E-state index in [-0.39, 0.29) is 0 Å². The lowest BCUT2D eigenvalue weighted by Gasteiger charge is -2.28. The van der Waals surface area contributed by atoms with Crippen molar-refractivity contribution in [1.29, 1.82) is 0 Å². The van der Waals surface area contributed by atoms with Gasteiger partial charge in [-0.25, -0.2) is 0 Å². The minimum absolute atomic E-state index is 0.417. The summed E-state index contributed by atoms with van der Waals surface area (Å²) in [6.07, 6.45) is 3.92. The van der Waals surface area contributed by atoms with E-state index in [1.807, 2.05) is 26.8 Å². The van der Waals surface area contributed by atoms with Gasteiger partial charge in [0.1, 0.15) is 0 Å². The molecule has 0 aromatic carbocycles. The number of rotatable bonds is 5. The molecule has 0 saturated carbocycles. The zero-order valence-electron chi connectivity index (χ0n) is 10.7. The Hall–Kier alpha value is -0.630. The van der Waals surface area contributed by atoms with Crippen LogP contribution in [0.4, 0.5) is 0 Å². The largest absolute Gasteiger partial charge is 0.360 e. The maximum absolute atomic E-state index is 4.25. The minimum Gasteiger partial charge on any atom is -0.360 e. The van der Waals surface area contributed by atoms with Crippen molar-refractivity contribution in [3.63, 3.8) is 0 Å². The summed E-state index contributed by atoms with van der Waals surface area (Å²) in [6, 6.07) is 0.417. The van der Waals surface area contributed by atoms with Crippen LogP contribution in [0.15, 0.2) is 35.9 Å². The highest BCUT2D eigenvalue weighted by atomic mass is 32.1. The molecule has 0 saturated heterocycles. The van der Waals surface area contributed by atoms with E-state index >= 15 is 0 Å². The highest BCUT2D eigenvalue weighted by Crippen LogP contribution is 2.13. The summed E-state index contributed by atoms with van der Waals surface area (Å²) < 4.78 is 0. The molecule has 0 aromatic rings. The van der Waals surface area contributed by atoms with Gasteiger partial charge < -0.3 is 4.90 Å². The Morgan fingerprint density at radius 3 is 2.07 bits per heavy atom. The Morgan fingerprint density at radius 1 is 1.40 bits per heavy atom. The molecule has 0 fully saturated rings. The molecule has 0 amide bonds. The first-order valence-electron chi connectivity index (χ1n) is 5.45. The van der Waals surface area contributed by atoms with Crippen molar-refractivity contribution in [1.82, 2.24) is 4.90 Å². The van der Waals surface area contributed by atoms with Crippen molar-refractivity contribution in [2.24, 2.45) is 0 Å². The van der Waals surface area contributed by atoms with Crippen molar-refractivity contribution in [2.75, 3.05) is 6.54 Å². The average Bonchev–Trinajstić information content (AvgIpc) is 2.21. The molecule has 0 aliphatic rings. The molecule has 2 heteroatoms. The van der Waals surface area contributed by atoms with Gasteiger partial charge in [0.05, 0.1) is 5.03 Å². The van der Waals surface area contributed by atoms with E-state index in [9.17, 15) is 0 Å². The van der Waals surface area contributed by atoms with Crippen molar-refractivity contribution in [3.8, 4) is 0 Å². The zero-order valence-corrected chi connectivity index (χ0v) is 11.6. The van der Waals surface area contributed by atoms with E-state index in [1.54, 1.807) is 0 Å². The highest BCUT2D eigenvalue weighted by Gasteiger charge is 2.09. The molecule has 88 valence electrons. The monoisotopic (exact) mass is 227 g/mol. The number of hydrogen-bond acceptors (Lipinski definition) is 2. The fourth-order valence-corrected chi connectivity index (χ4v) is 1.34. The predicted octanol–water partition coefficient (Wildman–Crippen LogP) is 4.26. The van der Waals surface area contributed by atoms with Gasteiger partial charge in [0.2, 0.25) is 0 Å². The minimum atomic E-state index is 0.417. The van der Waals surface area contributed by atoms with Gasteiger partial charge >= 0.3 is 0 Å². The van der Waals surface area contributed by atoms with Crippen LogP contribution in [0.3, 0.4) is 0 Å². The van der Waals surface area contributed by atoms with Gasteiger partial charge in [0.15, 0.2) is 0 Å². The molecule has 0 atom stereocenters. The quantitative estimate of drug-likeness (QED) is 0.542. The van der Waals surface area contributed by atoms with Crippen LogP contribution in [-0.2, 0) is 0 Å². The standard InChI is InChI=1S/C11H19NS.C2H6/c1-6-11(7-2)8-12(9(3)4)10(5)13;1-2/h6-7,9,13H,1,5,8H2,2-4H3;1-2H3/b11-7+;. The van der Waals surface area contributed by atoms with E-state index in [0.29, 0.717) is 6.04 Å². The van der Waals surface area contributed by atoms with Crippen LogP contribution in [0.5, 0.6) is 0 Å². The van der Waals surface area contributed by atoms with Gasteiger partial charge in [0.25, 0.3) is 0 Å². The normalized spacial score (nSPS) is 10.5. The molecule has 0 aromatic heterocycles. The third-order valence-electron chi connectivity index (χ3n) is 1.94. The van der Waals surface area contributed by atoms with E-state index in [2.05, 4.69) is 50.6 Å². The van der Waals surface area contributed by atoms with E-state index in [0.717, 1.165) is 11.6 Å². The first-order valence-corrected chi connectivity index (χ1v) is 5.89. The number of allylic oxidation sites excluding steroid dienone is 1. The summed E-state index contributed by atoms with van der Waals surface area (Å²) in [5, 5.41) is 0.802. The summed E-state index contributed by atoms with van der Waals surface area (Å²) in [5.74, 6) is 0. The molecule has 0 bridgehead atoms. The molecule has 0 spiro atoms. The molecule has 0 rings (SSSR count). The van der Waals surface area contributed by atoms with Crippen molar-refractivity contribution in [2.45, 2.75) is 40.7 Å². The molecule has 0 aliphatic heterocycles. The smallest absolute Gasteiger partial charge is 0.0608 e. The first kappa shape index (κ1) is 16.8. The van der Waals surface area contributed by atoms with Gasteiger partial charge in [-0.3, -0.25) is 0 Å². The Labute approximate surface area is 101 Å². The highest BCUT2D eigenvalue weighted by molar-refractivity contribution is 7.84. The van der Waals surface area contributed by atoms with Crippen molar-refractivity contribution >= 4 is 12.6 Å². The molecule has 1 nitrogen and oxygen atoms in total. The van der Waals surface area contributed by atoms with E-state index in [4.69, 9.17) is 0 Å². The third kappa shape index (κ3) is 7.32. The van der Waals surface area contributed by atoms with E-state index in [1.165, 1.54) is 5.57 Å². The second-order valence-electron chi connectivity index (χ2n) is 3.21. The Bertz CT molecular complexity index is 217. The second-order valence-corrected chi connectivity index (χ2v) is 3.72. The Balaban J connectivity index is 0. The SMILES string of the molecule is C=C/C(=C\C)CN(C(=C)S)C(C)C.CC. The summed E-state index contributed by atoms with van der Waals surface area (Å²) in [4.78, 5) is 2.13. The van der Waals surface area contributed by atoms with Gasteiger partial charge in [-0.1, -0.05) is 39.2 Å². The number of thiol groups is 1. The number of nitrogens with zero attached hydrogens (tertiary/aromatic N) is 1. The van der Waals surface area contributed by atoms with Crippen LogP contribution >= 0.6 is 12.6 Å². The molecular formula is C13H25NS. The first-order chi connectivity index (χ1) is 7.02. The molecule has 15 heavy (non-hydrogen) atoms.